The summed E-state index contributed by atoms with van der Waals surface area (Å²) in [7, 11) is 3.57. The molecule has 0 radical (unpaired) electrons. The average molecular weight is 241 g/mol. The summed E-state index contributed by atoms with van der Waals surface area (Å²) >= 11 is 1.56. The van der Waals surface area contributed by atoms with Gasteiger partial charge in [0.25, 0.3) is 0 Å². The fourth-order valence-corrected chi connectivity index (χ4v) is 2.59. The Morgan fingerprint density at radius 2 is 2.31 bits per heavy atom. The fourth-order valence-electron chi connectivity index (χ4n) is 1.53. The molecule has 0 aliphatic heterocycles. The number of fused-ring (bicyclic) bond motifs is 1. The Kier molecular flexibility index (Phi) is 3.47. The monoisotopic (exact) mass is 241 g/mol. The topological polar surface area (TPSA) is 64.3 Å². The zero-order valence-electron chi connectivity index (χ0n) is 9.60. The third-order valence-electron chi connectivity index (χ3n) is 2.40. The first-order chi connectivity index (χ1) is 7.80. The second-order valence-corrected chi connectivity index (χ2v) is 4.42. The molecule has 2 aromatic heterocycles. The summed E-state index contributed by atoms with van der Waals surface area (Å²) in [6.45, 7) is 2.56. The highest BCUT2D eigenvalue weighted by Gasteiger charge is 2.16. The Bertz CT molecular complexity index is 461. The van der Waals surface area contributed by atoms with E-state index in [-0.39, 0.29) is 6.04 Å². The van der Waals surface area contributed by atoms with Crippen molar-refractivity contribution in [3.63, 3.8) is 0 Å². The smallest absolute Gasteiger partial charge is 0.234 e. The van der Waals surface area contributed by atoms with Gasteiger partial charge in [0.2, 0.25) is 4.96 Å². The van der Waals surface area contributed by atoms with Gasteiger partial charge >= 0.3 is 0 Å². The maximum atomic E-state index is 5.04. The van der Waals surface area contributed by atoms with E-state index in [1.54, 1.807) is 23.0 Å². The lowest BCUT2D eigenvalue weighted by Gasteiger charge is -2.08. The molecule has 0 saturated heterocycles. The van der Waals surface area contributed by atoms with Gasteiger partial charge in [-0.15, -0.1) is 10.2 Å². The molecule has 0 amide bonds. The normalized spacial score (nSPS) is 13.4. The lowest BCUT2D eigenvalue weighted by atomic mass is 10.2. The number of methoxy groups -OCH3 is 1. The molecule has 0 aromatic carbocycles. The van der Waals surface area contributed by atoms with Crippen LogP contribution < -0.4 is 5.32 Å². The summed E-state index contributed by atoms with van der Waals surface area (Å²) in [5.41, 5.74) is 0. The van der Waals surface area contributed by atoms with Crippen LogP contribution in [-0.2, 0) is 11.3 Å². The predicted octanol–water partition coefficient (Wildman–Crippen LogP) is 1.00. The van der Waals surface area contributed by atoms with E-state index in [4.69, 9.17) is 4.74 Å². The van der Waals surface area contributed by atoms with E-state index in [9.17, 15) is 0 Å². The molecule has 0 spiro atoms. The molecule has 0 saturated carbocycles. The van der Waals surface area contributed by atoms with Gasteiger partial charge in [0.1, 0.15) is 11.6 Å². The molecule has 0 aliphatic carbocycles. The Morgan fingerprint density at radius 1 is 1.50 bits per heavy atom. The van der Waals surface area contributed by atoms with Crippen LogP contribution in [-0.4, -0.2) is 34.0 Å². The molecule has 1 N–H and O–H groups in total. The Hall–Kier alpha value is -1.05. The van der Waals surface area contributed by atoms with E-state index in [0.717, 1.165) is 22.2 Å². The van der Waals surface area contributed by atoms with Crippen molar-refractivity contribution in [2.45, 2.75) is 26.0 Å². The lowest BCUT2D eigenvalue weighted by molar-refractivity contribution is 0.176. The summed E-state index contributed by atoms with van der Waals surface area (Å²) in [6.07, 6.45) is 1.00. The first-order valence-electron chi connectivity index (χ1n) is 5.17. The van der Waals surface area contributed by atoms with E-state index in [2.05, 4.69) is 27.5 Å². The zero-order chi connectivity index (χ0) is 11.5. The number of hydrogen-bond donors (Lipinski definition) is 1. The minimum Gasteiger partial charge on any atom is -0.377 e. The van der Waals surface area contributed by atoms with Crippen LogP contribution in [0.3, 0.4) is 0 Å². The molecule has 0 bridgehead atoms. The van der Waals surface area contributed by atoms with E-state index in [1.165, 1.54) is 0 Å². The van der Waals surface area contributed by atoms with Crippen LogP contribution in [0.2, 0.25) is 0 Å². The predicted molar refractivity (Wildman–Crippen MR) is 61.5 cm³/mol. The van der Waals surface area contributed by atoms with Gasteiger partial charge in [-0.1, -0.05) is 18.3 Å². The van der Waals surface area contributed by atoms with Crippen molar-refractivity contribution >= 4 is 16.3 Å². The Labute approximate surface area is 97.6 Å². The van der Waals surface area contributed by atoms with Gasteiger partial charge in [0.15, 0.2) is 5.82 Å². The van der Waals surface area contributed by atoms with Crippen LogP contribution in [0.4, 0.5) is 0 Å². The van der Waals surface area contributed by atoms with Crippen LogP contribution in [0, 0.1) is 0 Å². The van der Waals surface area contributed by atoms with Gasteiger partial charge in [-0.2, -0.15) is 9.61 Å². The van der Waals surface area contributed by atoms with Crippen molar-refractivity contribution in [2.75, 3.05) is 14.2 Å². The third kappa shape index (κ3) is 1.93. The second kappa shape index (κ2) is 4.86. The van der Waals surface area contributed by atoms with Gasteiger partial charge in [0.05, 0.1) is 6.04 Å². The molecule has 1 unspecified atom stereocenters. The molecular weight excluding hydrogens is 226 g/mol. The number of nitrogens with one attached hydrogen (secondary N) is 1. The minimum atomic E-state index is 0.280. The number of hydrogen-bond acceptors (Lipinski definition) is 6. The van der Waals surface area contributed by atoms with Gasteiger partial charge < -0.3 is 10.1 Å². The van der Waals surface area contributed by atoms with E-state index < -0.39 is 0 Å². The first kappa shape index (κ1) is 11.4. The van der Waals surface area contributed by atoms with Crippen LogP contribution in [0.25, 0.3) is 4.96 Å². The minimum absolute atomic E-state index is 0.280. The quantitative estimate of drug-likeness (QED) is 0.846. The fraction of sp³-hybridized carbons (Fsp3) is 0.667. The standard InChI is InChI=1S/C9H15N5OS/c1-4-6(10-2)8-13-14-7(5-15-3)11-12-9(14)16-8/h6,10H,4-5H2,1-3H3. The molecule has 16 heavy (non-hydrogen) atoms. The van der Waals surface area contributed by atoms with Crippen LogP contribution in [0.1, 0.15) is 30.2 Å². The number of rotatable bonds is 5. The molecule has 2 heterocycles. The van der Waals surface area contributed by atoms with Crippen molar-refractivity contribution in [2.24, 2.45) is 0 Å². The average Bonchev–Trinajstić information content (AvgIpc) is 2.83. The molecule has 6 nitrogen and oxygen atoms in total. The third-order valence-corrected chi connectivity index (χ3v) is 3.41. The number of aromatic nitrogens is 4. The molecule has 0 fully saturated rings. The van der Waals surface area contributed by atoms with Gasteiger partial charge in [0, 0.05) is 7.11 Å². The number of ether oxygens (including phenoxy) is 1. The van der Waals surface area contributed by atoms with Crippen molar-refractivity contribution in [3.8, 4) is 0 Å². The maximum absolute atomic E-state index is 5.04. The lowest BCUT2D eigenvalue weighted by Crippen LogP contribution is -2.15. The van der Waals surface area contributed by atoms with Gasteiger partial charge in [-0.25, -0.2) is 0 Å². The molecular formula is C9H15N5OS. The molecule has 2 rings (SSSR count). The van der Waals surface area contributed by atoms with E-state index in [0.29, 0.717) is 6.61 Å². The summed E-state index contributed by atoms with van der Waals surface area (Å²) in [5.74, 6) is 0.742. The summed E-state index contributed by atoms with van der Waals surface area (Å²) < 4.78 is 6.80. The zero-order valence-corrected chi connectivity index (χ0v) is 10.4. The highest BCUT2D eigenvalue weighted by Crippen LogP contribution is 2.22. The van der Waals surface area contributed by atoms with E-state index in [1.807, 2.05) is 7.05 Å². The highest BCUT2D eigenvalue weighted by atomic mass is 32.1. The first-order valence-corrected chi connectivity index (χ1v) is 5.99. The SMILES string of the molecule is CCC(NC)c1nn2c(COC)nnc2s1. The summed E-state index contributed by atoms with van der Waals surface area (Å²) in [5, 5.41) is 16.8. The van der Waals surface area contributed by atoms with E-state index >= 15 is 0 Å². The summed E-state index contributed by atoms with van der Waals surface area (Å²) in [6, 6.07) is 0.280. The van der Waals surface area contributed by atoms with Crippen LogP contribution in [0.5, 0.6) is 0 Å². The molecule has 0 aliphatic rings. The van der Waals surface area contributed by atoms with Crippen molar-refractivity contribution in [3.05, 3.63) is 10.8 Å². The molecule has 88 valence electrons. The van der Waals surface area contributed by atoms with Gasteiger partial charge in [-0.05, 0) is 13.5 Å². The van der Waals surface area contributed by atoms with Crippen molar-refractivity contribution in [1.29, 1.82) is 0 Å². The van der Waals surface area contributed by atoms with Crippen LogP contribution in [0.15, 0.2) is 0 Å². The van der Waals surface area contributed by atoms with Crippen LogP contribution >= 0.6 is 11.3 Å². The second-order valence-electron chi connectivity index (χ2n) is 3.43. The largest absolute Gasteiger partial charge is 0.377 e. The highest BCUT2D eigenvalue weighted by molar-refractivity contribution is 7.16. The molecule has 7 heteroatoms. The summed E-state index contributed by atoms with van der Waals surface area (Å²) in [4.78, 5) is 0.816. The maximum Gasteiger partial charge on any atom is 0.234 e. The van der Waals surface area contributed by atoms with Gasteiger partial charge in [-0.3, -0.25) is 0 Å². The number of nitrogens with zero attached hydrogens (tertiary/aromatic N) is 4. The van der Waals surface area contributed by atoms with Crippen molar-refractivity contribution in [1.82, 2.24) is 25.1 Å². The Morgan fingerprint density at radius 3 is 2.94 bits per heavy atom. The molecule has 1 atom stereocenters. The Balaban J connectivity index is 2.36. The molecule has 2 aromatic rings. The van der Waals surface area contributed by atoms with Crippen molar-refractivity contribution < 1.29 is 4.74 Å².